The molecule has 2 heterocycles. The summed E-state index contributed by atoms with van der Waals surface area (Å²) in [5, 5.41) is 7.56. The largest absolute Gasteiger partial charge is 0.255 e. The van der Waals surface area contributed by atoms with E-state index in [0.717, 1.165) is 11.3 Å². The molecule has 0 amide bonds. The first kappa shape index (κ1) is 22.7. The number of hydrogen-bond donors (Lipinski definition) is 0. The Morgan fingerprint density at radius 3 is 2.18 bits per heavy atom. The Kier molecular flexibility index (Phi) is 5.42. The number of allylic oxidation sites excluding steroid dienone is 1. The number of fused-ring (bicyclic) bond motifs is 6. The smallest absolute Gasteiger partial charge is 0.0709 e. The number of pyridine rings is 1. The van der Waals surface area contributed by atoms with Crippen LogP contribution in [0.15, 0.2) is 116 Å². The van der Waals surface area contributed by atoms with Crippen LogP contribution in [0.3, 0.4) is 0 Å². The Labute approximate surface area is 226 Å². The SMILES string of the molecule is C=Cc1c(/C=C\C)c2ccccc2c2ccc(-c3cccc(-c4cc5c(cn4)sc4ccccc45)c3)cc12. The minimum absolute atomic E-state index is 0.997. The molecule has 0 bridgehead atoms. The number of nitrogens with zero attached hydrogens (tertiary/aromatic N) is 1. The lowest BCUT2D eigenvalue weighted by Gasteiger charge is -2.15. The van der Waals surface area contributed by atoms with Gasteiger partial charge in [0.2, 0.25) is 0 Å². The molecule has 0 aliphatic heterocycles. The molecule has 0 saturated carbocycles. The molecule has 0 saturated heterocycles. The van der Waals surface area contributed by atoms with Crippen molar-refractivity contribution < 1.29 is 0 Å². The summed E-state index contributed by atoms with van der Waals surface area (Å²) in [4.78, 5) is 4.84. The van der Waals surface area contributed by atoms with Gasteiger partial charge in [0.1, 0.15) is 0 Å². The van der Waals surface area contributed by atoms with E-state index in [2.05, 4.69) is 123 Å². The Balaban J connectivity index is 1.40. The van der Waals surface area contributed by atoms with Crippen LogP contribution in [0.2, 0.25) is 0 Å². The molecule has 0 N–H and O–H groups in total. The quantitative estimate of drug-likeness (QED) is 0.218. The van der Waals surface area contributed by atoms with Crippen molar-refractivity contribution >= 4 is 65.2 Å². The monoisotopic (exact) mass is 503 g/mol. The van der Waals surface area contributed by atoms with Crippen molar-refractivity contribution in [3.05, 3.63) is 127 Å². The third kappa shape index (κ3) is 3.57. The third-order valence-electron chi connectivity index (χ3n) is 7.40. The van der Waals surface area contributed by atoms with E-state index in [1.54, 1.807) is 11.3 Å². The van der Waals surface area contributed by atoms with E-state index in [1.807, 2.05) is 12.3 Å². The van der Waals surface area contributed by atoms with Crippen molar-refractivity contribution in [2.24, 2.45) is 0 Å². The standard InChI is InChI=1S/C36H25NS/c1-3-10-27-26(4-2)32-20-24(17-18-30(32)29-14-6-5-13-28(27)29)23-11-9-12-25(19-23)34-21-33-31-15-7-8-16-35(31)38-36(33)22-37-34/h3-22H,2H2,1H3/b10-3-. The molecule has 2 aromatic heterocycles. The van der Waals surface area contributed by atoms with E-state index in [0.29, 0.717) is 0 Å². The van der Waals surface area contributed by atoms with Gasteiger partial charge in [0.25, 0.3) is 0 Å². The molecule has 180 valence electrons. The number of rotatable bonds is 4. The van der Waals surface area contributed by atoms with Gasteiger partial charge in [0.15, 0.2) is 0 Å². The fourth-order valence-corrected chi connectivity index (χ4v) is 6.69. The van der Waals surface area contributed by atoms with Gasteiger partial charge in [0, 0.05) is 27.2 Å². The summed E-state index contributed by atoms with van der Waals surface area (Å²) in [5.41, 5.74) is 6.88. The Bertz CT molecular complexity index is 2060. The molecule has 0 atom stereocenters. The van der Waals surface area contributed by atoms with Crippen LogP contribution in [-0.2, 0) is 0 Å². The van der Waals surface area contributed by atoms with Crippen LogP contribution >= 0.6 is 11.3 Å². The third-order valence-corrected chi connectivity index (χ3v) is 8.52. The van der Waals surface area contributed by atoms with Gasteiger partial charge in [-0.25, -0.2) is 0 Å². The van der Waals surface area contributed by atoms with Crippen molar-refractivity contribution in [1.82, 2.24) is 4.98 Å². The molecule has 7 rings (SSSR count). The van der Waals surface area contributed by atoms with E-state index in [4.69, 9.17) is 4.98 Å². The van der Waals surface area contributed by atoms with E-state index in [1.165, 1.54) is 64.0 Å². The number of benzene rings is 5. The summed E-state index contributed by atoms with van der Waals surface area (Å²) in [7, 11) is 0. The zero-order valence-electron chi connectivity index (χ0n) is 21.1. The van der Waals surface area contributed by atoms with Gasteiger partial charge in [-0.3, -0.25) is 4.98 Å². The van der Waals surface area contributed by atoms with Crippen LogP contribution in [0, 0.1) is 0 Å². The maximum absolute atomic E-state index is 4.84. The lowest BCUT2D eigenvalue weighted by molar-refractivity contribution is 1.37. The Morgan fingerprint density at radius 1 is 0.605 bits per heavy atom. The van der Waals surface area contributed by atoms with E-state index < -0.39 is 0 Å². The number of aromatic nitrogens is 1. The van der Waals surface area contributed by atoms with Crippen LogP contribution < -0.4 is 0 Å². The average molecular weight is 504 g/mol. The summed E-state index contributed by atoms with van der Waals surface area (Å²) < 4.78 is 2.52. The highest BCUT2D eigenvalue weighted by molar-refractivity contribution is 7.25. The second-order valence-corrected chi connectivity index (χ2v) is 10.7. The van der Waals surface area contributed by atoms with Gasteiger partial charge in [0.05, 0.1) is 10.4 Å². The molecule has 1 nitrogen and oxygen atoms in total. The van der Waals surface area contributed by atoms with E-state index >= 15 is 0 Å². The topological polar surface area (TPSA) is 12.9 Å². The number of thiophene rings is 1. The summed E-state index contributed by atoms with van der Waals surface area (Å²) >= 11 is 1.80. The molecule has 0 aliphatic rings. The summed E-state index contributed by atoms with van der Waals surface area (Å²) in [6.45, 7) is 6.26. The molecule has 0 aliphatic carbocycles. The predicted octanol–water partition coefficient (Wildman–Crippen LogP) is 10.8. The molecular weight excluding hydrogens is 478 g/mol. The van der Waals surface area contributed by atoms with Crippen molar-refractivity contribution in [2.75, 3.05) is 0 Å². The second kappa shape index (κ2) is 9.09. The normalized spacial score (nSPS) is 11.8. The van der Waals surface area contributed by atoms with Gasteiger partial charge in [-0.15, -0.1) is 11.3 Å². The summed E-state index contributed by atoms with van der Waals surface area (Å²) in [5.74, 6) is 0. The highest BCUT2D eigenvalue weighted by Crippen LogP contribution is 2.38. The van der Waals surface area contributed by atoms with Crippen molar-refractivity contribution in [3.8, 4) is 22.4 Å². The van der Waals surface area contributed by atoms with Gasteiger partial charge in [-0.05, 0) is 75.0 Å². The highest BCUT2D eigenvalue weighted by atomic mass is 32.1. The van der Waals surface area contributed by atoms with Crippen LogP contribution in [-0.4, -0.2) is 4.98 Å². The predicted molar refractivity (Wildman–Crippen MR) is 168 cm³/mol. The minimum Gasteiger partial charge on any atom is -0.255 e. The fourth-order valence-electron chi connectivity index (χ4n) is 5.64. The van der Waals surface area contributed by atoms with E-state index in [-0.39, 0.29) is 0 Å². The first-order chi connectivity index (χ1) is 18.7. The maximum Gasteiger partial charge on any atom is 0.0709 e. The molecular formula is C36H25NS. The van der Waals surface area contributed by atoms with Crippen molar-refractivity contribution in [2.45, 2.75) is 6.92 Å². The van der Waals surface area contributed by atoms with Crippen LogP contribution in [0.25, 0.3) is 76.3 Å². The highest BCUT2D eigenvalue weighted by Gasteiger charge is 2.13. The lowest BCUT2D eigenvalue weighted by Crippen LogP contribution is -1.90. The summed E-state index contributed by atoms with van der Waals surface area (Å²) in [6, 6.07) is 35.0. The van der Waals surface area contributed by atoms with Gasteiger partial charge >= 0.3 is 0 Å². The molecule has 0 fully saturated rings. The van der Waals surface area contributed by atoms with Crippen molar-refractivity contribution in [1.29, 1.82) is 0 Å². The van der Waals surface area contributed by atoms with Gasteiger partial charge < -0.3 is 0 Å². The Morgan fingerprint density at radius 2 is 1.34 bits per heavy atom. The Hall–Kier alpha value is -4.53. The first-order valence-electron chi connectivity index (χ1n) is 12.9. The molecule has 7 aromatic rings. The van der Waals surface area contributed by atoms with Crippen LogP contribution in [0.5, 0.6) is 0 Å². The van der Waals surface area contributed by atoms with Crippen LogP contribution in [0.4, 0.5) is 0 Å². The molecule has 2 heteroatoms. The second-order valence-electron chi connectivity index (χ2n) is 9.58. The van der Waals surface area contributed by atoms with Crippen LogP contribution in [0.1, 0.15) is 18.1 Å². The number of hydrogen-bond acceptors (Lipinski definition) is 2. The van der Waals surface area contributed by atoms with Gasteiger partial charge in [-0.1, -0.05) is 97.6 Å². The summed E-state index contributed by atoms with van der Waals surface area (Å²) in [6.07, 6.45) is 8.31. The fraction of sp³-hybridized carbons (Fsp3) is 0.0278. The zero-order valence-corrected chi connectivity index (χ0v) is 21.9. The first-order valence-corrected chi connectivity index (χ1v) is 13.7. The molecule has 0 radical (unpaired) electrons. The minimum atomic E-state index is 0.997. The zero-order chi connectivity index (χ0) is 25.6. The van der Waals surface area contributed by atoms with E-state index in [9.17, 15) is 0 Å². The lowest BCUT2D eigenvalue weighted by atomic mass is 9.89. The molecule has 0 unspecified atom stereocenters. The molecule has 5 aromatic carbocycles. The molecule has 38 heavy (non-hydrogen) atoms. The van der Waals surface area contributed by atoms with Crippen molar-refractivity contribution in [3.63, 3.8) is 0 Å². The average Bonchev–Trinajstić information content (AvgIpc) is 3.35. The maximum atomic E-state index is 4.84. The van der Waals surface area contributed by atoms with Gasteiger partial charge in [-0.2, -0.15) is 0 Å². The molecule has 0 spiro atoms.